The highest BCUT2D eigenvalue weighted by molar-refractivity contribution is 6.21. The first-order valence-electron chi connectivity index (χ1n) is 11.3. The molecule has 2 saturated heterocycles. The first-order chi connectivity index (χ1) is 16.7. The van der Waals surface area contributed by atoms with Gasteiger partial charge in [0.15, 0.2) is 6.54 Å². The third-order valence-corrected chi connectivity index (χ3v) is 6.35. The number of hydrogen-bond donors (Lipinski definition) is 1. The summed E-state index contributed by atoms with van der Waals surface area (Å²) in [7, 11) is 6.19. The van der Waals surface area contributed by atoms with Gasteiger partial charge in [-0.2, -0.15) is 0 Å². The highest BCUT2D eigenvalue weighted by atomic mass is 16.5. The third-order valence-electron chi connectivity index (χ3n) is 6.35. The number of aliphatic imine (C=N–C) groups is 1. The second-order valence-electron chi connectivity index (χ2n) is 8.63. The second kappa shape index (κ2) is 9.82. The number of imide groups is 1. The Morgan fingerprint density at radius 1 is 1.14 bits per heavy atom. The summed E-state index contributed by atoms with van der Waals surface area (Å²) in [5.74, 6) is -0.131. The molecule has 1 N–H and O–H groups in total. The molecular formula is C21H30N9O5+. The molecule has 5 amide bonds. The van der Waals surface area contributed by atoms with Crippen LogP contribution in [-0.4, -0.2) is 143 Å². The molecule has 0 radical (unpaired) electrons. The van der Waals surface area contributed by atoms with Gasteiger partial charge in [0.2, 0.25) is 5.88 Å². The molecule has 14 nitrogen and oxygen atoms in total. The number of aromatic nitrogens is 2. The molecule has 0 aliphatic carbocycles. The van der Waals surface area contributed by atoms with Crippen molar-refractivity contribution in [2.45, 2.75) is 6.04 Å². The molecule has 3 aliphatic rings. The van der Waals surface area contributed by atoms with E-state index in [0.29, 0.717) is 56.5 Å². The highest BCUT2D eigenvalue weighted by Crippen LogP contribution is 2.18. The predicted molar refractivity (Wildman–Crippen MR) is 123 cm³/mol. The van der Waals surface area contributed by atoms with Crippen LogP contribution in [0, 0.1) is 0 Å². The molecule has 0 saturated carbocycles. The van der Waals surface area contributed by atoms with Gasteiger partial charge >= 0.3 is 6.03 Å². The summed E-state index contributed by atoms with van der Waals surface area (Å²) >= 11 is 0. The number of ether oxygens (including phenoxy) is 1. The first-order valence-corrected chi connectivity index (χ1v) is 11.3. The van der Waals surface area contributed by atoms with Crippen LogP contribution in [0.1, 0.15) is 10.4 Å². The van der Waals surface area contributed by atoms with E-state index in [-0.39, 0.29) is 18.4 Å². The predicted octanol–water partition coefficient (Wildman–Crippen LogP) is -2.35. The maximum Gasteiger partial charge on any atom is 0.333 e. The number of amides is 5. The van der Waals surface area contributed by atoms with Gasteiger partial charge in [0.1, 0.15) is 5.56 Å². The van der Waals surface area contributed by atoms with Crippen molar-refractivity contribution in [2.24, 2.45) is 12.0 Å². The van der Waals surface area contributed by atoms with E-state index in [0.717, 1.165) is 4.90 Å². The topological polar surface area (TPSA) is 136 Å². The van der Waals surface area contributed by atoms with Gasteiger partial charge in [-0.3, -0.25) is 33.8 Å². The minimum Gasteiger partial charge on any atom is -0.479 e. The van der Waals surface area contributed by atoms with Crippen molar-refractivity contribution in [3.8, 4) is 5.88 Å². The lowest BCUT2D eigenvalue weighted by atomic mass is 10.1. The lowest BCUT2D eigenvalue weighted by molar-refractivity contribution is -0.519. The molecule has 0 bridgehead atoms. The molecule has 4 rings (SSSR count). The molecule has 3 aliphatic heterocycles. The van der Waals surface area contributed by atoms with Crippen LogP contribution in [0.2, 0.25) is 0 Å². The smallest absolute Gasteiger partial charge is 0.333 e. The highest BCUT2D eigenvalue weighted by Gasteiger charge is 2.50. The van der Waals surface area contributed by atoms with Gasteiger partial charge in [-0.25, -0.2) is 9.37 Å². The fraction of sp³-hybridized carbons (Fsp3) is 0.571. The largest absolute Gasteiger partial charge is 0.479 e. The minimum atomic E-state index is -0.780. The number of piperazine rings is 1. The number of amidine groups is 1. The lowest BCUT2D eigenvalue weighted by Crippen LogP contribution is -2.62. The number of methoxy groups -OCH3 is 1. The van der Waals surface area contributed by atoms with Crippen LogP contribution in [0.3, 0.4) is 0 Å². The van der Waals surface area contributed by atoms with Crippen LogP contribution in [-0.2, 0) is 16.6 Å². The van der Waals surface area contributed by atoms with E-state index < -0.39 is 18.0 Å². The number of fused-ring (bicyclic) bond motifs is 1. The maximum atomic E-state index is 12.8. The quantitative estimate of drug-likeness (QED) is 0.425. The van der Waals surface area contributed by atoms with Gasteiger partial charge in [-0.05, 0) is 4.99 Å². The summed E-state index contributed by atoms with van der Waals surface area (Å²) < 4.78 is 8.28. The van der Waals surface area contributed by atoms with Crippen LogP contribution in [0.4, 0.5) is 4.79 Å². The number of rotatable bonds is 7. The van der Waals surface area contributed by atoms with Gasteiger partial charge in [-0.1, -0.05) is 0 Å². The summed E-state index contributed by atoms with van der Waals surface area (Å²) in [5.41, 5.74) is 0.444. The molecule has 4 heterocycles. The van der Waals surface area contributed by atoms with Crippen LogP contribution in [0.25, 0.3) is 0 Å². The fourth-order valence-electron chi connectivity index (χ4n) is 4.36. The van der Waals surface area contributed by atoms with Crippen molar-refractivity contribution >= 4 is 35.9 Å². The van der Waals surface area contributed by atoms with Crippen molar-refractivity contribution < 1.29 is 28.5 Å². The number of nitrogens with one attached hydrogen (secondary N) is 1. The summed E-state index contributed by atoms with van der Waals surface area (Å²) in [6.07, 6.45) is 3.08. The lowest BCUT2D eigenvalue weighted by Gasteiger charge is -2.34. The molecule has 35 heavy (non-hydrogen) atoms. The number of hydrogen-bond acceptors (Lipinski definition) is 8. The minimum absolute atomic E-state index is 0.0471. The van der Waals surface area contributed by atoms with E-state index in [1.165, 1.54) is 30.0 Å². The van der Waals surface area contributed by atoms with Gasteiger partial charge in [-0.15, -0.1) is 5.10 Å². The average Bonchev–Trinajstić information content (AvgIpc) is 3.44. The monoisotopic (exact) mass is 488 g/mol. The Kier molecular flexibility index (Phi) is 6.82. The summed E-state index contributed by atoms with van der Waals surface area (Å²) in [4.78, 5) is 60.3. The Morgan fingerprint density at radius 3 is 2.54 bits per heavy atom. The zero-order chi connectivity index (χ0) is 25.3. The van der Waals surface area contributed by atoms with E-state index in [1.807, 2.05) is 0 Å². The van der Waals surface area contributed by atoms with Crippen LogP contribution >= 0.6 is 0 Å². The number of likely N-dealkylation sites (N-methyl/N-ethyl adjacent to an activating group) is 2. The van der Waals surface area contributed by atoms with E-state index in [1.54, 1.807) is 29.9 Å². The molecule has 188 valence electrons. The number of aryl methyl sites for hydroxylation is 1. The van der Waals surface area contributed by atoms with Crippen molar-refractivity contribution in [3.05, 3.63) is 11.8 Å². The Hall–Kier alpha value is -3.81. The molecular weight excluding hydrogens is 458 g/mol. The van der Waals surface area contributed by atoms with E-state index in [9.17, 15) is 19.2 Å². The number of carbonyl (C=O) groups excluding carboxylic acids is 4. The molecule has 1 unspecified atom stereocenters. The van der Waals surface area contributed by atoms with Crippen molar-refractivity contribution in [2.75, 3.05) is 67.0 Å². The maximum absolute atomic E-state index is 12.8. The molecule has 2 fully saturated rings. The summed E-state index contributed by atoms with van der Waals surface area (Å²) in [5, 5.41) is 7.01. The van der Waals surface area contributed by atoms with Gasteiger partial charge in [0.25, 0.3) is 35.9 Å². The van der Waals surface area contributed by atoms with Crippen molar-refractivity contribution in [1.82, 2.24) is 34.7 Å². The fourth-order valence-corrected chi connectivity index (χ4v) is 4.36. The number of urea groups is 1. The first kappa shape index (κ1) is 24.3. The average molecular weight is 489 g/mol. The summed E-state index contributed by atoms with van der Waals surface area (Å²) in [6, 6.07) is -1.23. The molecule has 14 heteroatoms. The summed E-state index contributed by atoms with van der Waals surface area (Å²) in [6.45, 7) is 3.53. The molecule has 0 aromatic carbocycles. The van der Waals surface area contributed by atoms with E-state index in [4.69, 9.17) is 4.74 Å². The molecule has 1 atom stereocenters. The normalized spacial score (nSPS) is 20.6. The van der Waals surface area contributed by atoms with Crippen molar-refractivity contribution in [3.63, 3.8) is 0 Å². The zero-order valence-electron chi connectivity index (χ0n) is 20.3. The van der Waals surface area contributed by atoms with Gasteiger partial charge < -0.3 is 15.0 Å². The van der Waals surface area contributed by atoms with Crippen molar-refractivity contribution in [1.29, 1.82) is 0 Å². The van der Waals surface area contributed by atoms with E-state index in [2.05, 4.69) is 20.3 Å². The van der Waals surface area contributed by atoms with Crippen LogP contribution in [0.5, 0.6) is 5.88 Å². The Balaban J connectivity index is 1.20. The Bertz CT molecular complexity index is 1100. The number of nitrogens with zero attached hydrogens (tertiary/aromatic N) is 8. The van der Waals surface area contributed by atoms with Crippen LogP contribution in [0.15, 0.2) is 11.2 Å². The van der Waals surface area contributed by atoms with Crippen LogP contribution < -0.4 is 10.1 Å². The zero-order valence-corrected chi connectivity index (χ0v) is 20.3. The Morgan fingerprint density at radius 2 is 1.86 bits per heavy atom. The van der Waals surface area contributed by atoms with Gasteiger partial charge in [0.05, 0.1) is 7.11 Å². The Labute approximate surface area is 202 Å². The SMILES string of the molecule is COc1nn(C)cc1C(=O)N1CCN(CCNC(=O)C[N+]2=CN=C3C2C(=O)N(C)C(=O)N3C)CC1. The third kappa shape index (κ3) is 4.73. The molecule has 1 aromatic rings. The second-order valence-corrected chi connectivity index (χ2v) is 8.63. The number of carbonyl (C=O) groups is 4. The van der Waals surface area contributed by atoms with E-state index >= 15 is 0 Å². The molecule has 0 spiro atoms. The standard InChI is InChI=1S/C21H29N9O5/c1-25-11-14(18(24-25)35-4)19(32)29-9-7-28(8-10-29)6-5-22-15(31)12-30-13-23-17-16(30)20(33)27(3)21(34)26(17)2/h11,13,16H,5-10,12H2,1-4H3/p+1. The molecule has 1 aromatic heterocycles. The van der Waals surface area contributed by atoms with Gasteiger partial charge in [0, 0.05) is 66.6 Å².